The summed E-state index contributed by atoms with van der Waals surface area (Å²) < 4.78 is 53.7. The summed E-state index contributed by atoms with van der Waals surface area (Å²) >= 11 is 0. The lowest BCUT2D eigenvalue weighted by Gasteiger charge is -2.23. The van der Waals surface area contributed by atoms with Gasteiger partial charge in [-0.15, -0.1) is 0 Å². The number of hydrogen-bond donors (Lipinski definition) is 1. The number of hydrogen-bond acceptors (Lipinski definition) is 3. The molecule has 8 heteroatoms. The Morgan fingerprint density at radius 3 is 2.50 bits per heavy atom. The molecule has 0 radical (unpaired) electrons. The molecule has 136 valence electrons. The van der Waals surface area contributed by atoms with E-state index >= 15 is 0 Å². The molecule has 0 unspecified atom stereocenters. The van der Waals surface area contributed by atoms with Gasteiger partial charge < -0.3 is 10.0 Å². The molecule has 0 aromatic heterocycles. The molecular formula is C18H14F4N2O2. The van der Waals surface area contributed by atoms with Gasteiger partial charge in [0.25, 0.3) is 0 Å². The summed E-state index contributed by atoms with van der Waals surface area (Å²) in [7, 11) is 0. The van der Waals surface area contributed by atoms with E-state index in [4.69, 9.17) is 0 Å². The van der Waals surface area contributed by atoms with Crippen molar-refractivity contribution in [3.8, 4) is 0 Å². The third kappa shape index (κ3) is 3.32. The third-order valence-electron chi connectivity index (χ3n) is 4.00. The van der Waals surface area contributed by atoms with Gasteiger partial charge in [-0.2, -0.15) is 13.2 Å². The van der Waals surface area contributed by atoms with Crippen molar-refractivity contribution in [3.63, 3.8) is 0 Å². The second-order valence-corrected chi connectivity index (χ2v) is 5.64. The standard InChI is InChI=1S/C18H14F4N2O2/c19-14-4-2-1-3-12(14)17-13-9-11(18(20,21)22)5-6-15(13)24(7-8-25)16(26)10-23-17/h1-6,9,25H,7-8,10H2. The number of anilines is 1. The monoisotopic (exact) mass is 366 g/mol. The number of carbonyl (C=O) groups is 1. The van der Waals surface area contributed by atoms with Gasteiger partial charge in [-0.25, -0.2) is 4.39 Å². The van der Waals surface area contributed by atoms with E-state index in [1.54, 1.807) is 0 Å². The van der Waals surface area contributed by atoms with Crippen LogP contribution in [0.3, 0.4) is 0 Å². The van der Waals surface area contributed by atoms with Gasteiger partial charge in [0.2, 0.25) is 5.91 Å². The first-order valence-corrected chi connectivity index (χ1v) is 7.75. The van der Waals surface area contributed by atoms with Crippen LogP contribution < -0.4 is 4.90 Å². The molecule has 1 aliphatic rings. The zero-order valence-electron chi connectivity index (χ0n) is 13.4. The highest BCUT2D eigenvalue weighted by Crippen LogP contribution is 2.35. The summed E-state index contributed by atoms with van der Waals surface area (Å²) in [5, 5.41) is 9.19. The number of benzene rings is 2. The van der Waals surface area contributed by atoms with Crippen molar-refractivity contribution >= 4 is 17.3 Å². The van der Waals surface area contributed by atoms with E-state index in [9.17, 15) is 27.5 Å². The lowest BCUT2D eigenvalue weighted by molar-refractivity contribution is -0.137. The number of amides is 1. The van der Waals surface area contributed by atoms with E-state index in [0.717, 1.165) is 23.1 Å². The minimum Gasteiger partial charge on any atom is -0.395 e. The van der Waals surface area contributed by atoms with Crippen molar-refractivity contribution in [1.29, 1.82) is 0 Å². The fourth-order valence-electron chi connectivity index (χ4n) is 2.82. The van der Waals surface area contributed by atoms with Crippen molar-refractivity contribution in [2.24, 2.45) is 4.99 Å². The van der Waals surface area contributed by atoms with Gasteiger partial charge in [-0.3, -0.25) is 9.79 Å². The molecule has 0 fully saturated rings. The van der Waals surface area contributed by atoms with Crippen LogP contribution in [0.15, 0.2) is 47.5 Å². The van der Waals surface area contributed by atoms with Gasteiger partial charge in [0.1, 0.15) is 12.4 Å². The van der Waals surface area contributed by atoms with Crippen LogP contribution in [0.2, 0.25) is 0 Å². The SMILES string of the molecule is O=C1CN=C(c2ccccc2F)c2cc(C(F)(F)F)ccc2N1CCO. The molecule has 4 nitrogen and oxygen atoms in total. The Kier molecular flexibility index (Phi) is 4.78. The van der Waals surface area contributed by atoms with E-state index in [2.05, 4.69) is 4.99 Å². The Balaban J connectivity index is 2.26. The van der Waals surface area contributed by atoms with Gasteiger partial charge in [0.15, 0.2) is 0 Å². The van der Waals surface area contributed by atoms with E-state index < -0.39 is 23.5 Å². The number of halogens is 4. The molecule has 0 aliphatic carbocycles. The Morgan fingerprint density at radius 1 is 1.12 bits per heavy atom. The average Bonchev–Trinajstić information content (AvgIpc) is 2.72. The molecule has 3 rings (SSSR count). The number of fused-ring (bicyclic) bond motifs is 1. The highest BCUT2D eigenvalue weighted by atomic mass is 19.4. The summed E-state index contributed by atoms with van der Waals surface area (Å²) in [6.07, 6.45) is -4.60. The van der Waals surface area contributed by atoms with Crippen LogP contribution in [0.25, 0.3) is 0 Å². The summed E-state index contributed by atoms with van der Waals surface area (Å²) in [6, 6.07) is 8.39. The Labute approximate surface area is 146 Å². The molecule has 2 aromatic rings. The van der Waals surface area contributed by atoms with Gasteiger partial charge in [0.05, 0.1) is 23.6 Å². The number of β-amino-alcohol motifs (C(OH)–C–C–N with tert-alkyl or cyclic N) is 1. The Hall–Kier alpha value is -2.74. The molecule has 0 saturated heterocycles. The number of nitrogens with zero attached hydrogens (tertiary/aromatic N) is 2. The number of aliphatic hydroxyl groups excluding tert-OH is 1. The van der Waals surface area contributed by atoms with E-state index in [1.165, 1.54) is 24.3 Å². The van der Waals surface area contributed by atoms with Crippen molar-refractivity contribution in [1.82, 2.24) is 0 Å². The minimum absolute atomic E-state index is 0.00622. The number of aliphatic imine (C=N–C) groups is 1. The highest BCUT2D eigenvalue weighted by molar-refractivity contribution is 6.19. The van der Waals surface area contributed by atoms with Crippen LogP contribution in [0.4, 0.5) is 23.2 Å². The molecule has 0 saturated carbocycles. The van der Waals surface area contributed by atoms with Crippen molar-refractivity contribution < 1.29 is 27.5 Å². The number of aliphatic hydroxyl groups is 1. The van der Waals surface area contributed by atoms with Crippen LogP contribution >= 0.6 is 0 Å². The molecule has 0 atom stereocenters. The van der Waals surface area contributed by atoms with Crippen molar-refractivity contribution in [2.45, 2.75) is 6.18 Å². The zero-order valence-corrected chi connectivity index (χ0v) is 13.4. The molecule has 1 amide bonds. The first-order valence-electron chi connectivity index (χ1n) is 7.75. The first kappa shape index (κ1) is 18.1. The predicted octanol–water partition coefficient (Wildman–Crippen LogP) is 3.02. The number of carbonyl (C=O) groups excluding carboxylic acids is 1. The average molecular weight is 366 g/mol. The van der Waals surface area contributed by atoms with Crippen LogP contribution in [-0.2, 0) is 11.0 Å². The maximum Gasteiger partial charge on any atom is 0.416 e. The molecule has 2 aromatic carbocycles. The van der Waals surface area contributed by atoms with Gasteiger partial charge in [0, 0.05) is 17.7 Å². The normalized spacial score (nSPS) is 14.7. The molecule has 0 spiro atoms. The fraction of sp³-hybridized carbons (Fsp3) is 0.222. The summed E-state index contributed by atoms with van der Waals surface area (Å²) in [4.78, 5) is 17.5. The molecule has 1 aliphatic heterocycles. The summed E-state index contributed by atoms with van der Waals surface area (Å²) in [5.74, 6) is -1.15. The Morgan fingerprint density at radius 2 is 1.85 bits per heavy atom. The number of alkyl halides is 3. The van der Waals surface area contributed by atoms with Gasteiger partial charge in [-0.1, -0.05) is 12.1 Å². The lowest BCUT2D eigenvalue weighted by Crippen LogP contribution is -2.35. The maximum atomic E-state index is 14.2. The van der Waals surface area contributed by atoms with Crippen LogP contribution in [0, 0.1) is 5.82 Å². The van der Waals surface area contributed by atoms with Gasteiger partial charge in [-0.05, 0) is 30.3 Å². The van der Waals surface area contributed by atoms with E-state index in [-0.39, 0.29) is 42.2 Å². The molecular weight excluding hydrogens is 352 g/mol. The number of benzodiazepines with no additional fused rings is 1. The van der Waals surface area contributed by atoms with Crippen LogP contribution in [0.1, 0.15) is 16.7 Å². The highest BCUT2D eigenvalue weighted by Gasteiger charge is 2.34. The lowest BCUT2D eigenvalue weighted by atomic mass is 9.97. The molecule has 1 heterocycles. The second-order valence-electron chi connectivity index (χ2n) is 5.64. The topological polar surface area (TPSA) is 52.9 Å². The largest absolute Gasteiger partial charge is 0.416 e. The zero-order chi connectivity index (χ0) is 18.9. The third-order valence-corrected chi connectivity index (χ3v) is 4.00. The minimum atomic E-state index is -4.60. The van der Waals surface area contributed by atoms with Crippen LogP contribution in [0.5, 0.6) is 0 Å². The molecule has 26 heavy (non-hydrogen) atoms. The predicted molar refractivity (Wildman–Crippen MR) is 87.8 cm³/mol. The fourth-order valence-corrected chi connectivity index (χ4v) is 2.82. The molecule has 1 N–H and O–H groups in total. The summed E-state index contributed by atoms with van der Waals surface area (Å²) in [6.45, 7) is -0.835. The molecule has 0 bridgehead atoms. The van der Waals surface area contributed by atoms with E-state index in [1.807, 2.05) is 0 Å². The van der Waals surface area contributed by atoms with Crippen molar-refractivity contribution in [3.05, 3.63) is 65.0 Å². The summed E-state index contributed by atoms with van der Waals surface area (Å²) in [5.41, 5.74) is -0.816. The quantitative estimate of drug-likeness (QED) is 0.849. The van der Waals surface area contributed by atoms with Crippen LogP contribution in [-0.4, -0.2) is 36.4 Å². The smallest absolute Gasteiger partial charge is 0.395 e. The van der Waals surface area contributed by atoms with E-state index in [0.29, 0.717) is 0 Å². The van der Waals surface area contributed by atoms with Gasteiger partial charge >= 0.3 is 6.18 Å². The maximum absolute atomic E-state index is 14.2. The first-order chi connectivity index (χ1) is 12.3. The number of rotatable bonds is 3. The Bertz CT molecular complexity index is 878. The second kappa shape index (κ2) is 6.87. The van der Waals surface area contributed by atoms with Crippen molar-refractivity contribution in [2.75, 3.05) is 24.6 Å².